The Morgan fingerprint density at radius 1 is 1.11 bits per heavy atom. The van der Waals surface area contributed by atoms with Gasteiger partial charge in [-0.1, -0.05) is 12.2 Å². The molecule has 0 bridgehead atoms. The van der Waals surface area contributed by atoms with Crippen LogP contribution in [0.3, 0.4) is 0 Å². The third-order valence-electron chi connectivity index (χ3n) is 3.62. The fourth-order valence-electron chi connectivity index (χ4n) is 2.82. The molecule has 0 saturated carbocycles. The van der Waals surface area contributed by atoms with E-state index in [4.69, 9.17) is 23.7 Å². The molecule has 0 aromatic rings. The minimum atomic E-state index is -0.607. The van der Waals surface area contributed by atoms with Gasteiger partial charge in [0.25, 0.3) is 0 Å². The quantitative estimate of drug-likeness (QED) is 0.660. The van der Waals surface area contributed by atoms with Gasteiger partial charge >= 0.3 is 0 Å². The molecule has 0 spiro atoms. The topological polar surface area (TPSA) is 46.2 Å². The zero-order valence-electron chi connectivity index (χ0n) is 11.0. The molecule has 2 fully saturated rings. The zero-order chi connectivity index (χ0) is 12.8. The summed E-state index contributed by atoms with van der Waals surface area (Å²) >= 11 is 0. The Hall–Kier alpha value is -0.460. The van der Waals surface area contributed by atoms with Gasteiger partial charge in [-0.05, 0) is 20.3 Å². The number of hydrogen-bond donors (Lipinski definition) is 0. The summed E-state index contributed by atoms with van der Waals surface area (Å²) in [6, 6.07) is 0. The van der Waals surface area contributed by atoms with Gasteiger partial charge in [0.1, 0.15) is 18.3 Å². The average molecular weight is 256 g/mol. The first kappa shape index (κ1) is 12.6. The van der Waals surface area contributed by atoms with Crippen molar-refractivity contribution in [3.05, 3.63) is 12.2 Å². The van der Waals surface area contributed by atoms with Crippen molar-refractivity contribution >= 4 is 0 Å². The number of methoxy groups -OCH3 is 1. The lowest BCUT2D eigenvalue weighted by Gasteiger charge is -2.30. The molecular formula is C13H20O5. The van der Waals surface area contributed by atoms with Crippen LogP contribution in [0.15, 0.2) is 12.2 Å². The van der Waals surface area contributed by atoms with Crippen molar-refractivity contribution in [2.75, 3.05) is 13.7 Å². The molecule has 0 aliphatic carbocycles. The third-order valence-corrected chi connectivity index (χ3v) is 3.62. The fourth-order valence-corrected chi connectivity index (χ4v) is 2.82. The summed E-state index contributed by atoms with van der Waals surface area (Å²) in [5.74, 6) is -0.607. The molecule has 3 rings (SSSR count). The van der Waals surface area contributed by atoms with Crippen molar-refractivity contribution in [1.29, 1.82) is 0 Å². The molecule has 3 aliphatic rings. The Morgan fingerprint density at radius 2 is 1.94 bits per heavy atom. The Morgan fingerprint density at radius 3 is 2.72 bits per heavy atom. The van der Waals surface area contributed by atoms with E-state index in [1.165, 1.54) is 0 Å². The van der Waals surface area contributed by atoms with Crippen molar-refractivity contribution in [3.63, 3.8) is 0 Å². The Labute approximate surface area is 107 Å². The molecule has 0 amide bonds. The van der Waals surface area contributed by atoms with E-state index in [0.29, 0.717) is 6.61 Å². The maximum Gasteiger partial charge on any atom is 0.190 e. The lowest BCUT2D eigenvalue weighted by Crippen LogP contribution is -2.44. The van der Waals surface area contributed by atoms with Crippen LogP contribution in [0.4, 0.5) is 0 Å². The molecule has 0 aromatic heterocycles. The number of rotatable bonds is 1. The van der Waals surface area contributed by atoms with E-state index < -0.39 is 5.79 Å². The summed E-state index contributed by atoms with van der Waals surface area (Å²) in [6.07, 6.45) is 4.08. The van der Waals surface area contributed by atoms with Crippen molar-refractivity contribution in [2.24, 2.45) is 0 Å². The molecule has 5 nitrogen and oxygen atoms in total. The van der Waals surface area contributed by atoms with E-state index in [0.717, 1.165) is 6.42 Å². The predicted molar refractivity (Wildman–Crippen MR) is 63.0 cm³/mol. The predicted octanol–water partition coefficient (Wildman–Crippen LogP) is 1.22. The Balaban J connectivity index is 1.80. The van der Waals surface area contributed by atoms with Crippen molar-refractivity contribution < 1.29 is 23.7 Å². The second kappa shape index (κ2) is 4.58. The van der Waals surface area contributed by atoms with Gasteiger partial charge in [0, 0.05) is 7.11 Å². The molecule has 0 N–H and O–H groups in total. The zero-order valence-corrected chi connectivity index (χ0v) is 11.0. The van der Waals surface area contributed by atoms with Crippen LogP contribution in [-0.2, 0) is 23.7 Å². The molecule has 5 heteroatoms. The van der Waals surface area contributed by atoms with E-state index in [-0.39, 0.29) is 30.7 Å². The van der Waals surface area contributed by atoms with E-state index >= 15 is 0 Å². The molecule has 3 aliphatic heterocycles. The maximum atomic E-state index is 5.93. The number of fused-ring (bicyclic) bond motifs is 3. The largest absolute Gasteiger partial charge is 0.378 e. The SMILES string of the molecule is CO[C@@H]1C/C=C\CO[C@@H]2[C@H]3OC(C)(C)O[C@H]3O[C@@H]21. The van der Waals surface area contributed by atoms with Crippen LogP contribution in [0.5, 0.6) is 0 Å². The summed E-state index contributed by atoms with van der Waals surface area (Å²) in [5, 5.41) is 0. The summed E-state index contributed by atoms with van der Waals surface area (Å²) < 4.78 is 28.9. The molecule has 18 heavy (non-hydrogen) atoms. The second-order valence-electron chi connectivity index (χ2n) is 5.35. The van der Waals surface area contributed by atoms with Crippen LogP contribution in [0.2, 0.25) is 0 Å². The normalized spacial score (nSPS) is 48.1. The van der Waals surface area contributed by atoms with E-state index in [1.807, 2.05) is 19.9 Å². The lowest BCUT2D eigenvalue weighted by molar-refractivity contribution is -0.230. The molecule has 2 saturated heterocycles. The standard InChI is InChI=1S/C13H20O5/c1-13(2)17-11-10-9(16-12(11)18-13)8(14-3)6-4-5-7-15-10/h4-5,8-12H,6-7H2,1-3H3/b5-4-/t8-,9-,10+,11-,12-/m1/s1. The van der Waals surface area contributed by atoms with Crippen LogP contribution in [-0.4, -0.2) is 50.2 Å². The van der Waals surface area contributed by atoms with Crippen molar-refractivity contribution in [1.82, 2.24) is 0 Å². The highest BCUT2D eigenvalue weighted by Gasteiger charge is 2.57. The molecule has 102 valence electrons. The van der Waals surface area contributed by atoms with Crippen LogP contribution in [0.25, 0.3) is 0 Å². The van der Waals surface area contributed by atoms with Gasteiger partial charge in [-0.25, -0.2) is 0 Å². The number of ether oxygens (including phenoxy) is 5. The first-order chi connectivity index (χ1) is 8.61. The van der Waals surface area contributed by atoms with E-state index in [2.05, 4.69) is 6.08 Å². The minimum Gasteiger partial charge on any atom is -0.378 e. The van der Waals surface area contributed by atoms with Crippen LogP contribution in [0, 0.1) is 0 Å². The second-order valence-corrected chi connectivity index (χ2v) is 5.35. The van der Waals surface area contributed by atoms with Gasteiger partial charge in [-0.3, -0.25) is 0 Å². The van der Waals surface area contributed by atoms with Gasteiger partial charge < -0.3 is 23.7 Å². The minimum absolute atomic E-state index is 0.0209. The molecular weight excluding hydrogens is 236 g/mol. The van der Waals surface area contributed by atoms with E-state index in [1.54, 1.807) is 7.11 Å². The number of hydrogen-bond acceptors (Lipinski definition) is 5. The van der Waals surface area contributed by atoms with E-state index in [9.17, 15) is 0 Å². The fraction of sp³-hybridized carbons (Fsp3) is 0.846. The molecule has 5 atom stereocenters. The highest BCUT2D eigenvalue weighted by atomic mass is 16.8. The Bertz CT molecular complexity index is 340. The summed E-state index contributed by atoms with van der Waals surface area (Å²) in [5.41, 5.74) is 0. The van der Waals surface area contributed by atoms with Crippen LogP contribution < -0.4 is 0 Å². The van der Waals surface area contributed by atoms with Gasteiger partial charge in [0.15, 0.2) is 12.1 Å². The first-order valence-electron chi connectivity index (χ1n) is 6.41. The Kier molecular flexibility index (Phi) is 3.20. The van der Waals surface area contributed by atoms with Gasteiger partial charge in [-0.2, -0.15) is 0 Å². The van der Waals surface area contributed by atoms with Gasteiger partial charge in [0.05, 0.1) is 12.7 Å². The molecule has 3 heterocycles. The van der Waals surface area contributed by atoms with Gasteiger partial charge in [-0.15, -0.1) is 0 Å². The highest BCUT2D eigenvalue weighted by molar-refractivity contribution is 5.01. The smallest absolute Gasteiger partial charge is 0.190 e. The van der Waals surface area contributed by atoms with Crippen molar-refractivity contribution in [2.45, 2.75) is 56.8 Å². The monoisotopic (exact) mass is 256 g/mol. The van der Waals surface area contributed by atoms with Crippen molar-refractivity contribution in [3.8, 4) is 0 Å². The molecule has 0 unspecified atom stereocenters. The summed E-state index contributed by atoms with van der Waals surface area (Å²) in [6.45, 7) is 4.36. The highest BCUT2D eigenvalue weighted by Crippen LogP contribution is 2.40. The van der Waals surface area contributed by atoms with Crippen LogP contribution in [0.1, 0.15) is 20.3 Å². The van der Waals surface area contributed by atoms with Crippen LogP contribution >= 0.6 is 0 Å². The molecule has 0 aromatic carbocycles. The molecule has 0 radical (unpaired) electrons. The average Bonchev–Trinajstić information content (AvgIpc) is 2.72. The first-order valence-corrected chi connectivity index (χ1v) is 6.41. The lowest BCUT2D eigenvalue weighted by atomic mass is 10.0. The summed E-state index contributed by atoms with van der Waals surface area (Å²) in [4.78, 5) is 0. The van der Waals surface area contributed by atoms with Gasteiger partial charge in [0.2, 0.25) is 0 Å². The summed E-state index contributed by atoms with van der Waals surface area (Å²) in [7, 11) is 1.69. The third kappa shape index (κ3) is 2.10. The maximum absolute atomic E-state index is 5.93.